The van der Waals surface area contributed by atoms with Gasteiger partial charge in [-0.1, -0.05) is 96.6 Å². The van der Waals surface area contributed by atoms with E-state index in [1.807, 2.05) is 18.3 Å². The van der Waals surface area contributed by atoms with E-state index in [9.17, 15) is 0 Å². The summed E-state index contributed by atoms with van der Waals surface area (Å²) in [5.41, 5.74) is 10.3. The molecule has 5 rings (SSSR count). The molecule has 0 aliphatic heterocycles. The standard InChI is InChI=1S/C29H25N3/c1-20-13-14-24(21(2)17-20)18-30-19-27-31-28-25(22-9-5-3-6-10-22)15-16-26(29(28)32-27)23-11-7-4-8-12-23/h3-17,19H,18H2,1-2H3,(H,31,32)/b30-19+. The molecule has 0 saturated heterocycles. The van der Waals surface area contributed by atoms with Crippen molar-refractivity contribution >= 4 is 17.2 Å². The fourth-order valence-electron chi connectivity index (χ4n) is 4.13. The number of H-pyrrole nitrogens is 1. The molecule has 0 aliphatic carbocycles. The summed E-state index contributed by atoms with van der Waals surface area (Å²) in [5.74, 6) is 0.769. The number of aryl methyl sites for hydroxylation is 2. The Balaban J connectivity index is 1.57. The average Bonchev–Trinajstić information content (AvgIpc) is 3.25. The SMILES string of the molecule is Cc1ccc(C/N=C/c2nc3c(-c4ccccc4)ccc(-c4ccccc4)c3[nH]2)c(C)c1. The minimum absolute atomic E-state index is 0.639. The quantitative estimate of drug-likeness (QED) is 0.305. The molecule has 0 atom stereocenters. The molecule has 0 fully saturated rings. The monoisotopic (exact) mass is 415 g/mol. The topological polar surface area (TPSA) is 41.0 Å². The minimum atomic E-state index is 0.639. The van der Waals surface area contributed by atoms with E-state index in [0.29, 0.717) is 6.54 Å². The molecule has 1 aromatic heterocycles. The fourth-order valence-corrected chi connectivity index (χ4v) is 4.13. The number of nitrogens with zero attached hydrogens (tertiary/aromatic N) is 2. The third kappa shape index (κ3) is 3.97. The number of aliphatic imine (C=N–C) groups is 1. The number of aromatic nitrogens is 2. The summed E-state index contributed by atoms with van der Waals surface area (Å²) in [6.07, 6.45) is 1.85. The predicted octanol–water partition coefficient (Wildman–Crippen LogP) is 7.13. The van der Waals surface area contributed by atoms with Crippen LogP contribution in [-0.2, 0) is 6.54 Å². The third-order valence-electron chi connectivity index (χ3n) is 5.81. The minimum Gasteiger partial charge on any atom is -0.337 e. The summed E-state index contributed by atoms with van der Waals surface area (Å²) in [6, 6.07) is 31.7. The zero-order chi connectivity index (χ0) is 21.9. The number of imidazole rings is 1. The Morgan fingerprint density at radius 3 is 2.12 bits per heavy atom. The van der Waals surface area contributed by atoms with Gasteiger partial charge in [0.25, 0.3) is 0 Å². The fraction of sp³-hybridized carbons (Fsp3) is 0.103. The first kappa shape index (κ1) is 20.0. The first-order valence-electron chi connectivity index (χ1n) is 10.9. The van der Waals surface area contributed by atoms with Gasteiger partial charge in [0.1, 0.15) is 5.82 Å². The van der Waals surface area contributed by atoms with E-state index in [0.717, 1.165) is 33.5 Å². The molecular formula is C29H25N3. The molecular weight excluding hydrogens is 390 g/mol. The molecule has 5 aromatic rings. The van der Waals surface area contributed by atoms with Crippen molar-refractivity contribution in [1.29, 1.82) is 0 Å². The highest BCUT2D eigenvalue weighted by molar-refractivity contribution is 6.02. The maximum Gasteiger partial charge on any atom is 0.149 e. The summed E-state index contributed by atoms with van der Waals surface area (Å²) in [7, 11) is 0. The van der Waals surface area contributed by atoms with Crippen LogP contribution in [0.15, 0.2) is 96.0 Å². The summed E-state index contributed by atoms with van der Waals surface area (Å²) < 4.78 is 0. The molecule has 0 spiro atoms. The van der Waals surface area contributed by atoms with Crippen LogP contribution in [0.25, 0.3) is 33.3 Å². The summed E-state index contributed by atoms with van der Waals surface area (Å²) in [6.45, 7) is 4.89. The Morgan fingerprint density at radius 1 is 0.781 bits per heavy atom. The van der Waals surface area contributed by atoms with Crippen molar-refractivity contribution in [2.45, 2.75) is 20.4 Å². The van der Waals surface area contributed by atoms with E-state index < -0.39 is 0 Å². The highest BCUT2D eigenvalue weighted by Gasteiger charge is 2.13. The molecule has 3 heteroatoms. The molecule has 1 heterocycles. The van der Waals surface area contributed by atoms with Gasteiger partial charge in [0.2, 0.25) is 0 Å². The van der Waals surface area contributed by atoms with E-state index in [1.165, 1.54) is 22.3 Å². The summed E-state index contributed by atoms with van der Waals surface area (Å²) >= 11 is 0. The van der Waals surface area contributed by atoms with E-state index >= 15 is 0 Å². The second-order valence-corrected chi connectivity index (χ2v) is 8.14. The normalized spacial score (nSPS) is 11.4. The molecule has 0 unspecified atom stereocenters. The van der Waals surface area contributed by atoms with Gasteiger partial charge in [0.15, 0.2) is 0 Å². The maximum atomic E-state index is 4.94. The van der Waals surface area contributed by atoms with Gasteiger partial charge in [-0.2, -0.15) is 0 Å². The van der Waals surface area contributed by atoms with Crippen molar-refractivity contribution in [3.05, 3.63) is 114 Å². The largest absolute Gasteiger partial charge is 0.337 e. The van der Waals surface area contributed by atoms with Crippen molar-refractivity contribution in [3.8, 4) is 22.3 Å². The van der Waals surface area contributed by atoms with Gasteiger partial charge in [0, 0.05) is 11.1 Å². The van der Waals surface area contributed by atoms with Crippen molar-refractivity contribution < 1.29 is 0 Å². The van der Waals surface area contributed by atoms with Crippen LogP contribution in [0.3, 0.4) is 0 Å². The summed E-state index contributed by atoms with van der Waals surface area (Å²) in [5, 5.41) is 0. The number of fused-ring (bicyclic) bond motifs is 1. The van der Waals surface area contributed by atoms with Crippen LogP contribution in [0.4, 0.5) is 0 Å². The van der Waals surface area contributed by atoms with Crippen molar-refractivity contribution in [2.24, 2.45) is 4.99 Å². The number of rotatable bonds is 5. The first-order valence-corrected chi connectivity index (χ1v) is 10.9. The van der Waals surface area contributed by atoms with Gasteiger partial charge in [0.05, 0.1) is 23.8 Å². The Kier molecular flexibility index (Phi) is 5.39. The van der Waals surface area contributed by atoms with Crippen LogP contribution in [0, 0.1) is 13.8 Å². The Bertz CT molecular complexity index is 1320. The number of benzene rings is 4. The molecule has 156 valence electrons. The van der Waals surface area contributed by atoms with Crippen molar-refractivity contribution in [3.63, 3.8) is 0 Å². The van der Waals surface area contributed by atoms with E-state index in [1.54, 1.807) is 0 Å². The lowest BCUT2D eigenvalue weighted by molar-refractivity contribution is 1.05. The van der Waals surface area contributed by atoms with Crippen LogP contribution in [0.2, 0.25) is 0 Å². The molecule has 0 saturated carbocycles. The van der Waals surface area contributed by atoms with Crippen LogP contribution in [0.1, 0.15) is 22.5 Å². The molecule has 0 amide bonds. The smallest absolute Gasteiger partial charge is 0.149 e. The molecule has 32 heavy (non-hydrogen) atoms. The molecule has 3 nitrogen and oxygen atoms in total. The highest BCUT2D eigenvalue weighted by Crippen LogP contribution is 2.34. The first-order chi connectivity index (χ1) is 15.7. The maximum absolute atomic E-state index is 4.94. The van der Waals surface area contributed by atoms with Gasteiger partial charge in [-0.15, -0.1) is 0 Å². The van der Waals surface area contributed by atoms with Crippen molar-refractivity contribution in [2.75, 3.05) is 0 Å². The van der Waals surface area contributed by atoms with Crippen LogP contribution < -0.4 is 0 Å². The van der Waals surface area contributed by atoms with Crippen LogP contribution in [-0.4, -0.2) is 16.2 Å². The van der Waals surface area contributed by atoms with Crippen LogP contribution in [0.5, 0.6) is 0 Å². The van der Waals surface area contributed by atoms with E-state index in [-0.39, 0.29) is 0 Å². The number of nitrogens with one attached hydrogen (secondary N) is 1. The van der Waals surface area contributed by atoms with Crippen LogP contribution >= 0.6 is 0 Å². The lowest BCUT2D eigenvalue weighted by Crippen LogP contribution is -1.90. The Morgan fingerprint density at radius 2 is 1.44 bits per heavy atom. The summed E-state index contributed by atoms with van der Waals surface area (Å²) in [4.78, 5) is 13.1. The number of aromatic amines is 1. The Hall–Kier alpha value is -3.98. The molecule has 0 aliphatic rings. The molecule has 0 radical (unpaired) electrons. The van der Waals surface area contributed by atoms with Gasteiger partial charge in [-0.3, -0.25) is 4.99 Å². The second-order valence-electron chi connectivity index (χ2n) is 8.14. The molecule has 1 N–H and O–H groups in total. The zero-order valence-corrected chi connectivity index (χ0v) is 18.3. The Labute approximate surface area is 188 Å². The molecule has 0 bridgehead atoms. The van der Waals surface area contributed by atoms with Gasteiger partial charge in [-0.25, -0.2) is 4.98 Å². The zero-order valence-electron chi connectivity index (χ0n) is 18.3. The van der Waals surface area contributed by atoms with E-state index in [4.69, 9.17) is 4.98 Å². The van der Waals surface area contributed by atoms with Gasteiger partial charge >= 0.3 is 0 Å². The number of hydrogen-bond acceptors (Lipinski definition) is 2. The number of hydrogen-bond donors (Lipinski definition) is 1. The van der Waals surface area contributed by atoms with Crippen molar-refractivity contribution in [1.82, 2.24) is 9.97 Å². The third-order valence-corrected chi connectivity index (χ3v) is 5.81. The lowest BCUT2D eigenvalue weighted by Gasteiger charge is -2.07. The lowest BCUT2D eigenvalue weighted by atomic mass is 9.98. The second kappa shape index (κ2) is 8.64. The highest BCUT2D eigenvalue weighted by atomic mass is 14.9. The van der Waals surface area contributed by atoms with E-state index in [2.05, 4.69) is 103 Å². The van der Waals surface area contributed by atoms with Gasteiger partial charge in [-0.05, 0) is 36.1 Å². The predicted molar refractivity (Wildman–Crippen MR) is 134 cm³/mol. The average molecular weight is 416 g/mol. The molecule has 4 aromatic carbocycles. The van der Waals surface area contributed by atoms with Gasteiger partial charge < -0.3 is 4.98 Å².